The fourth-order valence-electron chi connectivity index (χ4n) is 4.41. The third kappa shape index (κ3) is 18.2. The summed E-state index contributed by atoms with van der Waals surface area (Å²) in [6.45, 7) is 14.7. The molecule has 0 aliphatic carbocycles. The van der Waals surface area contributed by atoms with E-state index in [2.05, 4.69) is 23.3 Å². The van der Waals surface area contributed by atoms with Crippen LogP contribution in [-0.4, -0.2) is 38.4 Å². The van der Waals surface area contributed by atoms with Crippen LogP contribution in [0.5, 0.6) is 0 Å². The second-order valence-corrected chi connectivity index (χ2v) is 18.5. The number of sulfonamides is 2. The molecule has 0 aromatic rings. The fourth-order valence-corrected chi connectivity index (χ4v) is 6.30. The Bertz CT molecular complexity index is 798. The van der Waals surface area contributed by atoms with Crippen molar-refractivity contribution in [1.82, 2.24) is 9.44 Å². The lowest BCUT2D eigenvalue weighted by Crippen LogP contribution is -2.45. The van der Waals surface area contributed by atoms with Gasteiger partial charge >= 0.3 is 0 Å². The molecule has 0 spiro atoms. The van der Waals surface area contributed by atoms with E-state index in [-0.39, 0.29) is 12.1 Å². The lowest BCUT2D eigenvalue weighted by Gasteiger charge is -2.26. The summed E-state index contributed by atoms with van der Waals surface area (Å²) in [5, 5.41) is 0. The van der Waals surface area contributed by atoms with E-state index in [1.807, 2.05) is 12.2 Å². The van der Waals surface area contributed by atoms with Gasteiger partial charge in [-0.25, -0.2) is 26.3 Å². The van der Waals surface area contributed by atoms with Crippen molar-refractivity contribution in [2.24, 2.45) is 0 Å². The molecule has 0 amide bonds. The minimum absolute atomic E-state index is 0.357. The van der Waals surface area contributed by atoms with E-state index in [0.717, 1.165) is 25.7 Å². The summed E-state index contributed by atoms with van der Waals surface area (Å²) in [5.74, 6) is 0. The Hall–Kier alpha value is -0.440. The van der Waals surface area contributed by atoms with Crippen LogP contribution in [0.15, 0.2) is 12.2 Å². The van der Waals surface area contributed by atoms with Crippen molar-refractivity contribution in [3.63, 3.8) is 0 Å². The highest BCUT2D eigenvalue weighted by Gasteiger charge is 2.32. The molecule has 6 nitrogen and oxygen atoms in total. The zero-order valence-electron chi connectivity index (χ0n) is 27.5. The summed E-state index contributed by atoms with van der Waals surface area (Å²) in [6.07, 6.45) is 24.2. The Labute approximate surface area is 250 Å². The molecule has 2 atom stereocenters. The summed E-state index contributed by atoms with van der Waals surface area (Å²) in [7, 11) is -7.07. The van der Waals surface area contributed by atoms with Crippen LogP contribution in [0.1, 0.15) is 171 Å². The standard InChI is InChI=1S/C32H66N2O4S2/c1-9-11-13-15-17-19-21-23-25-29(33-39(35,36)31(3,4)5)27-28-30(34-40(37,38)32(6,7)8)26-24-22-20-18-16-14-12-10-2/h27-30,33-34H,9-26H2,1-8H3/b28-27+/t29-,30-/m1/s1. The Balaban J connectivity index is 5.38. The van der Waals surface area contributed by atoms with Crippen LogP contribution < -0.4 is 9.44 Å². The topological polar surface area (TPSA) is 92.3 Å². The van der Waals surface area contributed by atoms with Gasteiger partial charge in [0.25, 0.3) is 0 Å². The van der Waals surface area contributed by atoms with Gasteiger partial charge in [-0.3, -0.25) is 0 Å². The molecular weight excluding hydrogens is 540 g/mol. The van der Waals surface area contributed by atoms with Gasteiger partial charge < -0.3 is 0 Å². The van der Waals surface area contributed by atoms with Crippen molar-refractivity contribution in [1.29, 1.82) is 0 Å². The normalized spacial score (nSPS) is 15.1. The van der Waals surface area contributed by atoms with Crippen LogP contribution in [0.3, 0.4) is 0 Å². The summed E-state index contributed by atoms with van der Waals surface area (Å²) in [5.41, 5.74) is 0. The largest absolute Gasteiger partial charge is 0.217 e. The van der Waals surface area contributed by atoms with Crippen LogP contribution in [0.25, 0.3) is 0 Å². The molecule has 8 heteroatoms. The zero-order valence-corrected chi connectivity index (χ0v) is 29.1. The van der Waals surface area contributed by atoms with Crippen molar-refractivity contribution in [3.8, 4) is 0 Å². The number of rotatable bonds is 24. The zero-order chi connectivity index (χ0) is 30.7. The van der Waals surface area contributed by atoms with Gasteiger partial charge in [0.1, 0.15) is 0 Å². The molecule has 0 saturated carbocycles. The first kappa shape index (κ1) is 39.6. The molecule has 0 aromatic carbocycles. The van der Waals surface area contributed by atoms with E-state index in [1.54, 1.807) is 41.5 Å². The van der Waals surface area contributed by atoms with Crippen LogP contribution in [0, 0.1) is 0 Å². The molecule has 40 heavy (non-hydrogen) atoms. The Morgan fingerprint density at radius 3 is 0.975 bits per heavy atom. The first-order valence-corrected chi connectivity index (χ1v) is 19.3. The second-order valence-electron chi connectivity index (χ2n) is 13.6. The van der Waals surface area contributed by atoms with Gasteiger partial charge in [-0.1, -0.05) is 129 Å². The average molecular weight is 607 g/mol. The molecule has 0 unspecified atom stereocenters. The third-order valence-electron chi connectivity index (χ3n) is 7.54. The molecule has 0 saturated heterocycles. The Kier molecular flexibility index (Phi) is 20.2. The van der Waals surface area contributed by atoms with Crippen LogP contribution in [0.2, 0.25) is 0 Å². The van der Waals surface area contributed by atoms with Gasteiger partial charge in [-0.15, -0.1) is 0 Å². The van der Waals surface area contributed by atoms with Crippen molar-refractivity contribution < 1.29 is 16.8 Å². The highest BCUT2D eigenvalue weighted by atomic mass is 32.2. The molecule has 0 rings (SSSR count). The molecule has 0 aromatic heterocycles. The maximum atomic E-state index is 13.0. The van der Waals surface area contributed by atoms with E-state index >= 15 is 0 Å². The van der Waals surface area contributed by atoms with Crippen LogP contribution in [-0.2, 0) is 20.0 Å². The first-order valence-electron chi connectivity index (χ1n) is 16.3. The predicted octanol–water partition coefficient (Wildman–Crippen LogP) is 8.78. The molecule has 0 fully saturated rings. The highest BCUT2D eigenvalue weighted by molar-refractivity contribution is 7.91. The summed E-state index contributed by atoms with van der Waals surface area (Å²) >= 11 is 0. The lowest BCUT2D eigenvalue weighted by molar-refractivity contribution is 0.503. The smallest absolute Gasteiger partial charge is 0.212 e. The highest BCUT2D eigenvalue weighted by Crippen LogP contribution is 2.19. The molecule has 0 radical (unpaired) electrons. The van der Waals surface area contributed by atoms with Crippen molar-refractivity contribution in [2.75, 3.05) is 0 Å². The van der Waals surface area contributed by atoms with Gasteiger partial charge in [0.05, 0.1) is 9.49 Å². The molecule has 2 N–H and O–H groups in total. The molecule has 0 heterocycles. The average Bonchev–Trinajstić information content (AvgIpc) is 2.83. The van der Waals surface area contributed by atoms with Crippen molar-refractivity contribution in [2.45, 2.75) is 193 Å². The monoisotopic (exact) mass is 606 g/mol. The summed E-state index contributed by atoms with van der Waals surface area (Å²) < 4.78 is 55.9. The maximum Gasteiger partial charge on any atom is 0.217 e. The SMILES string of the molecule is CCCCCCCCCC[C@H](/C=C/[C@@H](CCCCCCCCCC)NS(=O)(=O)C(C)(C)C)NS(=O)(=O)C(C)(C)C. The summed E-state index contributed by atoms with van der Waals surface area (Å²) in [6, 6.07) is -0.714. The van der Waals surface area contributed by atoms with Crippen LogP contribution in [0.4, 0.5) is 0 Å². The van der Waals surface area contributed by atoms with E-state index in [4.69, 9.17) is 0 Å². The van der Waals surface area contributed by atoms with E-state index in [1.165, 1.54) is 77.0 Å². The molecule has 0 bridgehead atoms. The second kappa shape index (κ2) is 20.5. The molecule has 240 valence electrons. The molecular formula is C32H66N2O4S2. The minimum Gasteiger partial charge on any atom is -0.212 e. The Morgan fingerprint density at radius 1 is 0.475 bits per heavy atom. The first-order chi connectivity index (χ1) is 18.6. The predicted molar refractivity (Wildman–Crippen MR) is 175 cm³/mol. The third-order valence-corrected chi connectivity index (χ3v) is 12.0. The van der Waals surface area contributed by atoms with Crippen molar-refractivity contribution in [3.05, 3.63) is 12.2 Å². The van der Waals surface area contributed by atoms with E-state index < -0.39 is 29.5 Å². The maximum absolute atomic E-state index is 13.0. The van der Waals surface area contributed by atoms with Gasteiger partial charge in [-0.05, 0) is 54.4 Å². The van der Waals surface area contributed by atoms with Crippen molar-refractivity contribution >= 4 is 20.0 Å². The number of hydrogen-bond acceptors (Lipinski definition) is 4. The molecule has 0 aliphatic rings. The number of unbranched alkanes of at least 4 members (excludes halogenated alkanes) is 14. The van der Waals surface area contributed by atoms with Crippen LogP contribution >= 0.6 is 0 Å². The van der Waals surface area contributed by atoms with Gasteiger partial charge in [0, 0.05) is 12.1 Å². The quantitative estimate of drug-likeness (QED) is 0.0848. The Morgan fingerprint density at radius 2 is 0.725 bits per heavy atom. The minimum atomic E-state index is -3.53. The van der Waals surface area contributed by atoms with Gasteiger partial charge in [0.15, 0.2) is 0 Å². The van der Waals surface area contributed by atoms with Gasteiger partial charge in [-0.2, -0.15) is 0 Å². The van der Waals surface area contributed by atoms with Gasteiger partial charge in [0.2, 0.25) is 20.0 Å². The lowest BCUT2D eigenvalue weighted by atomic mass is 10.0. The number of nitrogens with one attached hydrogen (secondary N) is 2. The fraction of sp³-hybridized carbons (Fsp3) is 0.938. The number of hydrogen-bond donors (Lipinski definition) is 2. The van der Waals surface area contributed by atoms with E-state index in [0.29, 0.717) is 12.8 Å². The summed E-state index contributed by atoms with van der Waals surface area (Å²) in [4.78, 5) is 0. The van der Waals surface area contributed by atoms with E-state index in [9.17, 15) is 16.8 Å². The molecule has 0 aliphatic heterocycles.